The maximum absolute atomic E-state index is 13.1. The molecule has 2 amide bonds. The molecule has 0 fully saturated rings. The number of hydrogen-bond acceptors (Lipinski definition) is 4. The van der Waals surface area contributed by atoms with Gasteiger partial charge in [0, 0.05) is 18.9 Å². The van der Waals surface area contributed by atoms with E-state index in [0.29, 0.717) is 28.0 Å². The second-order valence-corrected chi connectivity index (χ2v) is 5.61. The van der Waals surface area contributed by atoms with Crippen LogP contribution < -0.4 is 10.6 Å². The van der Waals surface area contributed by atoms with Gasteiger partial charge in [-0.2, -0.15) is 0 Å². The summed E-state index contributed by atoms with van der Waals surface area (Å²) in [5.41, 5.74) is 2.68. The zero-order chi connectivity index (χ0) is 18.0. The number of nitrogens with one attached hydrogen (secondary N) is 2. The minimum absolute atomic E-state index is 0.212. The van der Waals surface area contributed by atoms with Gasteiger partial charge < -0.3 is 15.2 Å². The van der Waals surface area contributed by atoms with Gasteiger partial charge in [0.25, 0.3) is 5.91 Å². The number of fused-ring (bicyclic) bond motifs is 1. The quantitative estimate of drug-likeness (QED) is 0.757. The molecule has 0 atom stereocenters. The molecule has 7 nitrogen and oxygen atoms in total. The standard InChI is InChI=1S/C17H16FN5O2/c1-10-5-12(18)3-4-13(10)22-15(24)8-20-17(25)11-6-14-16(19-7-11)23(2)9-21-14/h3-7,9H,8H2,1-2H3,(H,20,25)(H,22,24). The van der Waals surface area contributed by atoms with E-state index in [9.17, 15) is 14.0 Å². The summed E-state index contributed by atoms with van der Waals surface area (Å²) < 4.78 is 14.8. The van der Waals surface area contributed by atoms with Gasteiger partial charge in [0.2, 0.25) is 5.91 Å². The molecule has 8 heteroatoms. The second-order valence-electron chi connectivity index (χ2n) is 5.61. The topological polar surface area (TPSA) is 88.9 Å². The summed E-state index contributed by atoms with van der Waals surface area (Å²) in [5.74, 6) is -1.21. The lowest BCUT2D eigenvalue weighted by Gasteiger charge is -2.09. The predicted octanol–water partition coefficient (Wildman–Crippen LogP) is 1.78. The number of carbonyl (C=O) groups excluding carboxylic acids is 2. The first-order valence-corrected chi connectivity index (χ1v) is 7.55. The molecule has 0 saturated heterocycles. The average molecular weight is 341 g/mol. The first-order chi connectivity index (χ1) is 11.9. The summed E-state index contributed by atoms with van der Waals surface area (Å²) in [6, 6.07) is 5.67. The van der Waals surface area contributed by atoms with Gasteiger partial charge in [0.05, 0.1) is 18.4 Å². The molecular formula is C17H16FN5O2. The number of aromatic nitrogens is 3. The lowest BCUT2D eigenvalue weighted by molar-refractivity contribution is -0.115. The van der Waals surface area contributed by atoms with Crippen molar-refractivity contribution in [1.82, 2.24) is 19.9 Å². The Morgan fingerprint density at radius 1 is 1.24 bits per heavy atom. The van der Waals surface area contributed by atoms with Crippen LogP contribution >= 0.6 is 0 Å². The lowest BCUT2D eigenvalue weighted by Crippen LogP contribution is -2.33. The summed E-state index contributed by atoms with van der Waals surface area (Å²) in [4.78, 5) is 32.4. The summed E-state index contributed by atoms with van der Waals surface area (Å²) in [5, 5.41) is 5.15. The highest BCUT2D eigenvalue weighted by molar-refractivity contribution is 6.00. The SMILES string of the molecule is Cc1cc(F)ccc1NC(=O)CNC(=O)c1cnc2c(c1)ncn2C. The fraction of sp³-hybridized carbons (Fsp3) is 0.176. The van der Waals surface area contributed by atoms with Gasteiger partial charge in [-0.1, -0.05) is 0 Å². The number of pyridine rings is 1. The summed E-state index contributed by atoms with van der Waals surface area (Å²) >= 11 is 0. The van der Waals surface area contributed by atoms with Crippen molar-refractivity contribution in [3.8, 4) is 0 Å². The Kier molecular flexibility index (Phi) is 4.42. The number of carbonyl (C=O) groups is 2. The third kappa shape index (κ3) is 3.63. The number of imidazole rings is 1. The Morgan fingerprint density at radius 2 is 2.04 bits per heavy atom. The van der Waals surface area contributed by atoms with Gasteiger partial charge >= 0.3 is 0 Å². The van der Waals surface area contributed by atoms with Crippen LogP contribution in [0.2, 0.25) is 0 Å². The van der Waals surface area contributed by atoms with E-state index in [1.807, 2.05) is 7.05 Å². The monoisotopic (exact) mass is 341 g/mol. The van der Waals surface area contributed by atoms with E-state index >= 15 is 0 Å². The van der Waals surface area contributed by atoms with Crippen molar-refractivity contribution in [3.05, 3.63) is 53.7 Å². The van der Waals surface area contributed by atoms with Gasteiger partial charge in [0.1, 0.15) is 11.3 Å². The number of hydrogen-bond donors (Lipinski definition) is 2. The van der Waals surface area contributed by atoms with Gasteiger partial charge in [-0.05, 0) is 36.8 Å². The predicted molar refractivity (Wildman–Crippen MR) is 90.6 cm³/mol. The highest BCUT2D eigenvalue weighted by Crippen LogP contribution is 2.15. The molecule has 0 spiro atoms. The van der Waals surface area contributed by atoms with Crippen molar-refractivity contribution in [1.29, 1.82) is 0 Å². The Morgan fingerprint density at radius 3 is 2.80 bits per heavy atom. The third-order valence-electron chi connectivity index (χ3n) is 3.69. The van der Waals surface area contributed by atoms with Crippen LogP contribution in [0.3, 0.4) is 0 Å². The van der Waals surface area contributed by atoms with Crippen LogP contribution in [-0.2, 0) is 11.8 Å². The van der Waals surface area contributed by atoms with Crippen molar-refractivity contribution in [2.24, 2.45) is 7.05 Å². The smallest absolute Gasteiger partial charge is 0.253 e. The molecule has 3 rings (SSSR count). The second kappa shape index (κ2) is 6.68. The van der Waals surface area contributed by atoms with Crippen LogP contribution in [-0.4, -0.2) is 32.9 Å². The molecule has 0 aliphatic heterocycles. The Labute approximate surface area is 142 Å². The fourth-order valence-electron chi connectivity index (χ4n) is 2.36. The van der Waals surface area contributed by atoms with Gasteiger partial charge in [-0.15, -0.1) is 0 Å². The van der Waals surface area contributed by atoms with E-state index in [-0.39, 0.29) is 12.4 Å². The lowest BCUT2D eigenvalue weighted by atomic mass is 10.2. The third-order valence-corrected chi connectivity index (χ3v) is 3.69. The van der Waals surface area contributed by atoms with Crippen molar-refractivity contribution in [2.45, 2.75) is 6.92 Å². The van der Waals surface area contributed by atoms with E-state index in [4.69, 9.17) is 0 Å². The number of halogens is 1. The minimum atomic E-state index is -0.425. The van der Waals surface area contributed by atoms with Crippen molar-refractivity contribution < 1.29 is 14.0 Å². The number of nitrogens with zero attached hydrogens (tertiary/aromatic N) is 3. The highest BCUT2D eigenvalue weighted by Gasteiger charge is 2.12. The van der Waals surface area contributed by atoms with E-state index in [0.717, 1.165) is 0 Å². The molecule has 0 bridgehead atoms. The molecule has 1 aromatic carbocycles. The largest absolute Gasteiger partial charge is 0.343 e. The zero-order valence-electron chi connectivity index (χ0n) is 13.7. The number of aryl methyl sites for hydroxylation is 2. The van der Waals surface area contributed by atoms with Crippen LogP contribution in [0.5, 0.6) is 0 Å². The van der Waals surface area contributed by atoms with Gasteiger partial charge in [-0.25, -0.2) is 14.4 Å². The maximum atomic E-state index is 13.1. The molecular weight excluding hydrogens is 325 g/mol. The fourth-order valence-corrected chi connectivity index (χ4v) is 2.36. The van der Waals surface area contributed by atoms with Crippen molar-refractivity contribution >= 4 is 28.7 Å². The van der Waals surface area contributed by atoms with E-state index in [1.54, 1.807) is 23.9 Å². The molecule has 0 saturated carbocycles. The molecule has 0 unspecified atom stereocenters. The molecule has 0 aliphatic carbocycles. The Hall–Kier alpha value is -3.29. The number of rotatable bonds is 4. The van der Waals surface area contributed by atoms with Gasteiger partial charge in [0.15, 0.2) is 5.65 Å². The maximum Gasteiger partial charge on any atom is 0.253 e. The molecule has 2 aromatic heterocycles. The first kappa shape index (κ1) is 16.6. The zero-order valence-corrected chi connectivity index (χ0v) is 13.7. The molecule has 3 aromatic rings. The van der Waals surface area contributed by atoms with E-state index < -0.39 is 11.8 Å². The molecule has 2 heterocycles. The number of benzene rings is 1. The molecule has 0 radical (unpaired) electrons. The molecule has 0 aliphatic rings. The summed E-state index contributed by atoms with van der Waals surface area (Å²) in [7, 11) is 1.81. The van der Waals surface area contributed by atoms with Crippen LogP contribution in [0.1, 0.15) is 15.9 Å². The number of amides is 2. The minimum Gasteiger partial charge on any atom is -0.343 e. The van der Waals surface area contributed by atoms with Gasteiger partial charge in [-0.3, -0.25) is 9.59 Å². The van der Waals surface area contributed by atoms with E-state index in [1.165, 1.54) is 24.4 Å². The van der Waals surface area contributed by atoms with Crippen LogP contribution in [0.15, 0.2) is 36.8 Å². The summed E-state index contributed by atoms with van der Waals surface area (Å²) in [6.45, 7) is 1.47. The average Bonchev–Trinajstić information content (AvgIpc) is 2.96. The molecule has 2 N–H and O–H groups in total. The highest BCUT2D eigenvalue weighted by atomic mass is 19.1. The van der Waals surface area contributed by atoms with Crippen LogP contribution in [0.4, 0.5) is 10.1 Å². The number of anilines is 1. The first-order valence-electron chi connectivity index (χ1n) is 7.55. The van der Waals surface area contributed by atoms with E-state index in [2.05, 4.69) is 20.6 Å². The molecule has 25 heavy (non-hydrogen) atoms. The Balaban J connectivity index is 1.61. The van der Waals surface area contributed by atoms with Crippen LogP contribution in [0.25, 0.3) is 11.2 Å². The summed E-state index contributed by atoms with van der Waals surface area (Å²) in [6.07, 6.45) is 3.04. The van der Waals surface area contributed by atoms with Crippen molar-refractivity contribution in [3.63, 3.8) is 0 Å². The molecule has 128 valence electrons. The Bertz CT molecular complexity index is 967. The van der Waals surface area contributed by atoms with Crippen molar-refractivity contribution in [2.75, 3.05) is 11.9 Å². The normalized spacial score (nSPS) is 10.7. The van der Waals surface area contributed by atoms with Crippen LogP contribution in [0, 0.1) is 12.7 Å².